The summed E-state index contributed by atoms with van der Waals surface area (Å²) in [5.74, 6) is 4.01. The van der Waals surface area contributed by atoms with Crippen LogP contribution in [0.5, 0.6) is 11.5 Å². The monoisotopic (exact) mass is 544 g/mol. The van der Waals surface area contributed by atoms with Crippen molar-refractivity contribution in [1.82, 2.24) is 25.4 Å². The van der Waals surface area contributed by atoms with Crippen LogP contribution in [0.15, 0.2) is 23.2 Å². The first-order valence-electron chi connectivity index (χ1n) is 10.3. The maximum atomic E-state index is 5.72. The molecule has 0 saturated heterocycles. The largest absolute Gasteiger partial charge is 0.493 e. The Morgan fingerprint density at radius 1 is 1.29 bits per heavy atom. The predicted octanol–water partition coefficient (Wildman–Crippen LogP) is 2.52. The minimum atomic E-state index is 0. The number of rotatable bonds is 9. The van der Waals surface area contributed by atoms with Crippen LogP contribution in [0.3, 0.4) is 0 Å². The summed E-state index contributed by atoms with van der Waals surface area (Å²) in [5.41, 5.74) is 1.09. The standard InChI is InChI=1S/C21H32N6O3.HI/c1-5-10-30-17-8-6-15(11-18(17)29-4)12-23-21(22-2)24-16-7-9-20-25-19(14-28-3)26-27(20)13-16;/h6,8,11,16H,5,7,9-10,12-14H2,1-4H3,(H2,22,23,24);1H. The van der Waals surface area contributed by atoms with Crippen LogP contribution in [0.2, 0.25) is 0 Å². The first-order valence-corrected chi connectivity index (χ1v) is 10.3. The van der Waals surface area contributed by atoms with Crippen molar-refractivity contribution in [1.29, 1.82) is 0 Å². The van der Waals surface area contributed by atoms with E-state index in [9.17, 15) is 0 Å². The van der Waals surface area contributed by atoms with E-state index in [4.69, 9.17) is 14.2 Å². The average Bonchev–Trinajstić information content (AvgIpc) is 3.17. The summed E-state index contributed by atoms with van der Waals surface area (Å²) in [6.45, 7) is 4.57. The Bertz CT molecular complexity index is 858. The molecule has 1 unspecified atom stereocenters. The molecule has 2 N–H and O–H groups in total. The molecular weight excluding hydrogens is 511 g/mol. The van der Waals surface area contributed by atoms with Crippen molar-refractivity contribution in [3.8, 4) is 11.5 Å². The van der Waals surface area contributed by atoms with Crippen LogP contribution in [0, 0.1) is 0 Å². The molecule has 1 aliphatic heterocycles. The van der Waals surface area contributed by atoms with Crippen molar-refractivity contribution in [2.45, 2.75) is 51.9 Å². The fourth-order valence-electron chi connectivity index (χ4n) is 3.40. The lowest BCUT2D eigenvalue weighted by atomic mass is 10.1. The molecule has 31 heavy (non-hydrogen) atoms. The predicted molar refractivity (Wildman–Crippen MR) is 130 cm³/mol. The number of aliphatic imine (C=N–C) groups is 1. The van der Waals surface area contributed by atoms with Gasteiger partial charge in [0.2, 0.25) is 0 Å². The van der Waals surface area contributed by atoms with Crippen LogP contribution in [0.4, 0.5) is 0 Å². The number of hydrogen-bond donors (Lipinski definition) is 2. The summed E-state index contributed by atoms with van der Waals surface area (Å²) < 4.78 is 18.3. The fourth-order valence-corrected chi connectivity index (χ4v) is 3.40. The third-order valence-electron chi connectivity index (χ3n) is 4.89. The van der Waals surface area contributed by atoms with Crippen LogP contribution in [-0.2, 0) is 30.9 Å². The summed E-state index contributed by atoms with van der Waals surface area (Å²) in [4.78, 5) is 8.89. The lowest BCUT2D eigenvalue weighted by Crippen LogP contribution is -2.46. The van der Waals surface area contributed by atoms with E-state index in [1.54, 1.807) is 21.3 Å². The van der Waals surface area contributed by atoms with Gasteiger partial charge in [0.05, 0.1) is 20.3 Å². The van der Waals surface area contributed by atoms with Gasteiger partial charge in [0.15, 0.2) is 23.3 Å². The molecule has 1 atom stereocenters. The molecule has 2 aromatic rings. The number of fused-ring (bicyclic) bond motifs is 1. The molecule has 0 bridgehead atoms. The topological polar surface area (TPSA) is 94.8 Å². The summed E-state index contributed by atoms with van der Waals surface area (Å²) in [6, 6.07) is 6.21. The minimum Gasteiger partial charge on any atom is -0.493 e. The van der Waals surface area contributed by atoms with Gasteiger partial charge < -0.3 is 24.8 Å². The van der Waals surface area contributed by atoms with Crippen LogP contribution in [0.1, 0.15) is 37.0 Å². The van der Waals surface area contributed by atoms with E-state index in [1.165, 1.54) is 0 Å². The first-order chi connectivity index (χ1) is 14.7. The highest BCUT2D eigenvalue weighted by Gasteiger charge is 2.22. The quantitative estimate of drug-likeness (QED) is 0.285. The summed E-state index contributed by atoms with van der Waals surface area (Å²) in [6.07, 6.45) is 2.81. The number of hydrogen-bond acceptors (Lipinski definition) is 6. The molecule has 0 amide bonds. The zero-order chi connectivity index (χ0) is 21.3. The number of methoxy groups -OCH3 is 2. The molecule has 0 radical (unpaired) electrons. The Morgan fingerprint density at radius 3 is 2.84 bits per heavy atom. The van der Waals surface area contributed by atoms with Gasteiger partial charge in [-0.25, -0.2) is 9.67 Å². The van der Waals surface area contributed by atoms with E-state index in [2.05, 4.69) is 32.6 Å². The van der Waals surface area contributed by atoms with Gasteiger partial charge in [0.25, 0.3) is 0 Å². The Kier molecular flexibility index (Phi) is 10.3. The molecule has 9 nitrogen and oxygen atoms in total. The Hall–Kier alpha value is -2.08. The van der Waals surface area contributed by atoms with Crippen molar-refractivity contribution in [2.75, 3.05) is 27.9 Å². The molecule has 172 valence electrons. The number of nitrogens with zero attached hydrogens (tertiary/aromatic N) is 4. The molecule has 0 aliphatic carbocycles. The number of guanidine groups is 1. The highest BCUT2D eigenvalue weighted by molar-refractivity contribution is 14.0. The van der Waals surface area contributed by atoms with E-state index in [0.29, 0.717) is 19.8 Å². The Balaban J connectivity index is 0.00000341. The van der Waals surface area contributed by atoms with Gasteiger partial charge in [-0.1, -0.05) is 13.0 Å². The van der Waals surface area contributed by atoms with Gasteiger partial charge in [-0.15, -0.1) is 24.0 Å². The zero-order valence-electron chi connectivity index (χ0n) is 18.7. The zero-order valence-corrected chi connectivity index (χ0v) is 21.0. The normalized spacial score (nSPS) is 15.6. The molecule has 0 saturated carbocycles. The van der Waals surface area contributed by atoms with E-state index in [1.807, 2.05) is 22.9 Å². The number of nitrogens with one attached hydrogen (secondary N) is 2. The van der Waals surface area contributed by atoms with Crippen molar-refractivity contribution < 1.29 is 14.2 Å². The van der Waals surface area contributed by atoms with Gasteiger partial charge in [-0.05, 0) is 30.5 Å². The summed E-state index contributed by atoms with van der Waals surface area (Å²) >= 11 is 0. The van der Waals surface area contributed by atoms with E-state index < -0.39 is 0 Å². The van der Waals surface area contributed by atoms with E-state index in [-0.39, 0.29) is 30.0 Å². The van der Waals surface area contributed by atoms with Crippen LogP contribution in [0.25, 0.3) is 0 Å². The lowest BCUT2D eigenvalue weighted by molar-refractivity contribution is 0.177. The summed E-state index contributed by atoms with van der Waals surface area (Å²) in [5, 5.41) is 11.4. The lowest BCUT2D eigenvalue weighted by Gasteiger charge is -2.25. The second kappa shape index (κ2) is 12.7. The highest BCUT2D eigenvalue weighted by Crippen LogP contribution is 2.28. The first kappa shape index (κ1) is 25.2. The minimum absolute atomic E-state index is 0. The molecular formula is C21H33IN6O3. The number of aromatic nitrogens is 3. The van der Waals surface area contributed by atoms with Gasteiger partial charge in [-0.3, -0.25) is 4.99 Å². The third-order valence-corrected chi connectivity index (χ3v) is 4.89. The molecule has 1 aromatic heterocycles. The van der Waals surface area contributed by atoms with Crippen molar-refractivity contribution in [3.05, 3.63) is 35.4 Å². The second-order valence-corrected chi connectivity index (χ2v) is 7.20. The van der Waals surface area contributed by atoms with Gasteiger partial charge in [-0.2, -0.15) is 5.10 Å². The molecule has 1 aliphatic rings. The third kappa shape index (κ3) is 6.96. The Morgan fingerprint density at radius 2 is 2.13 bits per heavy atom. The van der Waals surface area contributed by atoms with E-state index in [0.717, 1.165) is 60.5 Å². The maximum absolute atomic E-state index is 5.72. The smallest absolute Gasteiger partial charge is 0.191 e. The van der Waals surface area contributed by atoms with Crippen LogP contribution in [-0.4, -0.2) is 54.6 Å². The molecule has 0 spiro atoms. The number of halogens is 1. The molecule has 2 heterocycles. The van der Waals surface area contributed by atoms with Crippen LogP contribution < -0.4 is 20.1 Å². The second-order valence-electron chi connectivity index (χ2n) is 7.20. The molecule has 3 rings (SSSR count). The van der Waals surface area contributed by atoms with Crippen LogP contribution >= 0.6 is 24.0 Å². The molecule has 0 fully saturated rings. The molecule has 10 heteroatoms. The Labute approximate surface area is 201 Å². The van der Waals surface area contributed by atoms with Crippen molar-refractivity contribution in [3.63, 3.8) is 0 Å². The maximum Gasteiger partial charge on any atom is 0.191 e. The SMILES string of the molecule is CCCOc1ccc(CNC(=NC)NC2CCc3nc(COC)nn3C2)cc1OC.I. The highest BCUT2D eigenvalue weighted by atomic mass is 127. The fraction of sp³-hybridized carbons (Fsp3) is 0.571. The summed E-state index contributed by atoms with van der Waals surface area (Å²) in [7, 11) is 5.09. The van der Waals surface area contributed by atoms with Gasteiger partial charge in [0.1, 0.15) is 12.4 Å². The van der Waals surface area contributed by atoms with E-state index >= 15 is 0 Å². The number of ether oxygens (including phenoxy) is 3. The average molecular weight is 544 g/mol. The van der Waals surface area contributed by atoms with Crippen molar-refractivity contribution in [2.24, 2.45) is 4.99 Å². The van der Waals surface area contributed by atoms with Gasteiger partial charge >= 0.3 is 0 Å². The van der Waals surface area contributed by atoms with Gasteiger partial charge in [0, 0.05) is 33.2 Å². The number of benzene rings is 1. The number of aryl methyl sites for hydroxylation is 1. The molecule has 1 aromatic carbocycles. The van der Waals surface area contributed by atoms with Crippen molar-refractivity contribution >= 4 is 29.9 Å².